The van der Waals surface area contributed by atoms with Crippen LogP contribution in [0.15, 0.2) is 73.3 Å². The molecule has 2 nitrogen and oxygen atoms in total. The fourth-order valence-corrected chi connectivity index (χ4v) is 2.58. The molecular weight excluding hydrogens is 320 g/mol. The summed E-state index contributed by atoms with van der Waals surface area (Å²) in [5.74, 6) is 0.105. The van der Waals surface area contributed by atoms with Gasteiger partial charge in [0.2, 0.25) is 0 Å². The van der Waals surface area contributed by atoms with Crippen LogP contribution in [0, 0.1) is 0 Å². The molecule has 140 valence electrons. The van der Waals surface area contributed by atoms with E-state index in [1.54, 1.807) is 24.3 Å². The maximum absolute atomic E-state index is 10.6. The van der Waals surface area contributed by atoms with Crippen molar-refractivity contribution in [1.29, 1.82) is 0 Å². The van der Waals surface area contributed by atoms with E-state index >= 15 is 0 Å². The van der Waals surface area contributed by atoms with E-state index in [4.69, 9.17) is 4.74 Å². The molecule has 0 atom stereocenters. The summed E-state index contributed by atoms with van der Waals surface area (Å²) < 4.78 is 4.81. The van der Waals surface area contributed by atoms with Crippen LogP contribution in [0.4, 0.5) is 0 Å². The number of unbranched alkanes of at least 4 members (excludes halogenated alkanes) is 6. The minimum absolute atomic E-state index is 0.434. The molecule has 2 aromatic carbocycles. The van der Waals surface area contributed by atoms with Gasteiger partial charge in [0.1, 0.15) is 5.75 Å². The van der Waals surface area contributed by atoms with Crippen molar-refractivity contribution in [3.8, 4) is 5.75 Å². The Kier molecular flexibility index (Phi) is 12.5. The molecule has 0 aliphatic carbocycles. The quantitative estimate of drug-likeness (QED) is 0.204. The fraction of sp³-hybridized carbons (Fsp3) is 0.375. The van der Waals surface area contributed by atoms with Gasteiger partial charge < -0.3 is 4.74 Å². The van der Waals surface area contributed by atoms with Gasteiger partial charge in [-0.1, -0.05) is 101 Å². The number of hydrogen-bond donors (Lipinski definition) is 0. The summed E-state index contributed by atoms with van der Waals surface area (Å²) in [5.41, 5.74) is 1.49. The first-order valence-electron chi connectivity index (χ1n) is 9.69. The van der Waals surface area contributed by atoms with Crippen LogP contribution in [0.1, 0.15) is 57.4 Å². The third-order valence-corrected chi connectivity index (χ3v) is 4.04. The van der Waals surface area contributed by atoms with Crippen molar-refractivity contribution in [3.63, 3.8) is 0 Å². The first-order chi connectivity index (χ1) is 12.8. The zero-order valence-electron chi connectivity index (χ0n) is 16.0. The number of carbonyl (C=O) groups is 1. The maximum Gasteiger partial charge on any atom is 0.335 e. The third kappa shape index (κ3) is 11.2. The Morgan fingerprint density at radius 3 is 1.96 bits per heavy atom. The van der Waals surface area contributed by atoms with Crippen molar-refractivity contribution in [2.24, 2.45) is 0 Å². The smallest absolute Gasteiger partial charge is 0.335 e. The van der Waals surface area contributed by atoms with E-state index in [9.17, 15) is 4.79 Å². The second kappa shape index (κ2) is 14.9. The fourth-order valence-electron chi connectivity index (χ4n) is 2.58. The number of esters is 1. The Bertz CT molecular complexity index is 590. The van der Waals surface area contributed by atoms with Gasteiger partial charge in [-0.15, -0.1) is 0 Å². The number of hydrogen-bond acceptors (Lipinski definition) is 2. The summed E-state index contributed by atoms with van der Waals surface area (Å²) in [6.07, 6.45) is 12.2. The molecule has 0 bridgehead atoms. The highest BCUT2D eigenvalue weighted by Gasteiger charge is 1.96. The lowest BCUT2D eigenvalue weighted by Gasteiger charge is -2.01. The monoisotopic (exact) mass is 352 g/mol. The van der Waals surface area contributed by atoms with Crippen molar-refractivity contribution >= 4 is 5.97 Å². The van der Waals surface area contributed by atoms with E-state index in [2.05, 4.69) is 43.8 Å². The molecule has 0 N–H and O–H groups in total. The van der Waals surface area contributed by atoms with Crippen LogP contribution in [-0.2, 0) is 11.2 Å². The van der Waals surface area contributed by atoms with Crippen LogP contribution in [0.25, 0.3) is 0 Å². The van der Waals surface area contributed by atoms with Gasteiger partial charge in [0.15, 0.2) is 0 Å². The van der Waals surface area contributed by atoms with E-state index in [1.165, 1.54) is 56.9 Å². The molecule has 2 heteroatoms. The predicted octanol–water partition coefficient (Wildman–Crippen LogP) is 6.76. The van der Waals surface area contributed by atoms with Gasteiger partial charge in [-0.25, -0.2) is 4.79 Å². The molecule has 0 radical (unpaired) electrons. The minimum Gasteiger partial charge on any atom is -0.423 e. The Labute approximate surface area is 158 Å². The number of rotatable bonds is 10. The molecule has 0 aliphatic heterocycles. The molecule has 2 aromatic rings. The molecule has 2 rings (SSSR count). The first-order valence-corrected chi connectivity index (χ1v) is 9.69. The van der Waals surface area contributed by atoms with Gasteiger partial charge in [0.25, 0.3) is 0 Å². The summed E-state index contributed by atoms with van der Waals surface area (Å²) in [6, 6.07) is 19.7. The topological polar surface area (TPSA) is 26.3 Å². The molecule has 0 unspecified atom stereocenters. The van der Waals surface area contributed by atoms with Gasteiger partial charge in [-0.3, -0.25) is 0 Å². The van der Waals surface area contributed by atoms with Crippen LogP contribution < -0.4 is 4.74 Å². The second-order valence-electron chi connectivity index (χ2n) is 6.30. The van der Waals surface area contributed by atoms with Crippen LogP contribution in [0.2, 0.25) is 0 Å². The van der Waals surface area contributed by atoms with E-state index in [0.29, 0.717) is 5.75 Å². The highest BCUT2D eigenvalue weighted by molar-refractivity contribution is 5.83. The van der Waals surface area contributed by atoms with Gasteiger partial charge in [-0.2, -0.15) is 0 Å². The molecule has 0 aliphatic rings. The second-order valence-corrected chi connectivity index (χ2v) is 6.30. The molecular formula is C24H32O2. The van der Waals surface area contributed by atoms with Crippen molar-refractivity contribution in [2.45, 2.75) is 58.3 Å². The Balaban J connectivity index is 0.000000273. The zero-order chi connectivity index (χ0) is 18.9. The largest absolute Gasteiger partial charge is 0.423 e. The highest BCUT2D eigenvalue weighted by Crippen LogP contribution is 2.10. The molecule has 26 heavy (non-hydrogen) atoms. The first kappa shape index (κ1) is 21.7. The number of para-hydroxylation sites is 1. The van der Waals surface area contributed by atoms with Crippen LogP contribution in [0.3, 0.4) is 0 Å². The van der Waals surface area contributed by atoms with Crippen molar-refractivity contribution in [2.75, 3.05) is 0 Å². The summed E-state index contributed by atoms with van der Waals surface area (Å²) in [7, 11) is 0. The SMILES string of the molecule is C=CC(=O)Oc1ccccc1.CCCCCCCCCc1ccccc1. The highest BCUT2D eigenvalue weighted by atomic mass is 16.5. The average Bonchev–Trinajstić information content (AvgIpc) is 2.69. The van der Waals surface area contributed by atoms with Crippen molar-refractivity contribution in [1.82, 2.24) is 0 Å². The summed E-state index contributed by atoms with van der Waals surface area (Å²) in [6.45, 7) is 5.56. The van der Waals surface area contributed by atoms with Gasteiger partial charge in [-0.05, 0) is 30.5 Å². The molecule has 0 aromatic heterocycles. The summed E-state index contributed by atoms with van der Waals surface area (Å²) in [5, 5.41) is 0. The average molecular weight is 353 g/mol. The molecule has 0 heterocycles. The summed E-state index contributed by atoms with van der Waals surface area (Å²) >= 11 is 0. The van der Waals surface area contributed by atoms with E-state index in [0.717, 1.165) is 6.08 Å². The predicted molar refractivity (Wildman–Crippen MR) is 110 cm³/mol. The molecule has 0 amide bonds. The normalized spacial score (nSPS) is 9.73. The Hall–Kier alpha value is -2.35. The standard InChI is InChI=1S/C15H24.C9H8O2/c1-2-3-4-5-6-7-9-12-15-13-10-8-11-14-15;1-2-9(10)11-8-6-4-3-5-7-8/h8,10-11,13-14H,2-7,9,12H2,1H3;2-7H,1H2. The van der Waals surface area contributed by atoms with Crippen molar-refractivity contribution in [3.05, 3.63) is 78.9 Å². The third-order valence-electron chi connectivity index (χ3n) is 4.04. The maximum atomic E-state index is 10.6. The van der Waals surface area contributed by atoms with E-state index in [-0.39, 0.29) is 0 Å². The van der Waals surface area contributed by atoms with Crippen LogP contribution >= 0.6 is 0 Å². The number of carbonyl (C=O) groups excluding carboxylic acids is 1. The lowest BCUT2D eigenvalue weighted by atomic mass is 10.0. The van der Waals surface area contributed by atoms with Crippen LogP contribution in [-0.4, -0.2) is 5.97 Å². The van der Waals surface area contributed by atoms with Gasteiger partial charge in [0, 0.05) is 6.08 Å². The van der Waals surface area contributed by atoms with Crippen LogP contribution in [0.5, 0.6) is 5.75 Å². The van der Waals surface area contributed by atoms with E-state index in [1.807, 2.05) is 6.07 Å². The lowest BCUT2D eigenvalue weighted by molar-refractivity contribution is -0.128. The number of aryl methyl sites for hydroxylation is 1. The van der Waals surface area contributed by atoms with Gasteiger partial charge in [0.05, 0.1) is 0 Å². The number of ether oxygens (including phenoxy) is 1. The minimum atomic E-state index is -0.434. The molecule has 0 fully saturated rings. The summed E-state index contributed by atoms with van der Waals surface area (Å²) in [4.78, 5) is 10.6. The lowest BCUT2D eigenvalue weighted by Crippen LogP contribution is -2.02. The Morgan fingerprint density at radius 2 is 1.38 bits per heavy atom. The molecule has 0 saturated heterocycles. The van der Waals surface area contributed by atoms with Gasteiger partial charge >= 0.3 is 5.97 Å². The van der Waals surface area contributed by atoms with E-state index < -0.39 is 5.97 Å². The Morgan fingerprint density at radius 1 is 0.846 bits per heavy atom. The zero-order valence-corrected chi connectivity index (χ0v) is 16.0. The number of benzene rings is 2. The van der Waals surface area contributed by atoms with Crippen molar-refractivity contribution < 1.29 is 9.53 Å². The molecule has 0 spiro atoms. The molecule has 0 saturated carbocycles.